The molecule has 3 N–H and O–H groups in total. The summed E-state index contributed by atoms with van der Waals surface area (Å²) >= 11 is 0. The molecule has 0 saturated heterocycles. The molecule has 0 aliphatic carbocycles. The van der Waals surface area contributed by atoms with Gasteiger partial charge in [-0.15, -0.1) is 0 Å². The number of carbonyl (C=O) groups is 1. The Labute approximate surface area is 101 Å². The molecule has 0 fully saturated rings. The number of hydrogen-bond donors (Lipinski definition) is 2. The van der Waals surface area contributed by atoms with Gasteiger partial charge in [-0.2, -0.15) is 0 Å². The van der Waals surface area contributed by atoms with Gasteiger partial charge in [0.2, 0.25) is 5.91 Å². The van der Waals surface area contributed by atoms with E-state index in [9.17, 15) is 13.6 Å². The van der Waals surface area contributed by atoms with E-state index in [0.717, 1.165) is 0 Å². The summed E-state index contributed by atoms with van der Waals surface area (Å²) in [5.41, 5.74) is 5.13. The van der Waals surface area contributed by atoms with Crippen molar-refractivity contribution in [3.05, 3.63) is 0 Å². The van der Waals surface area contributed by atoms with Crippen molar-refractivity contribution < 1.29 is 18.3 Å². The van der Waals surface area contributed by atoms with Crippen LogP contribution in [0.25, 0.3) is 0 Å². The molecular formula is C11H22F2N2O2. The number of rotatable bonds is 8. The van der Waals surface area contributed by atoms with E-state index < -0.39 is 18.6 Å². The van der Waals surface area contributed by atoms with Crippen LogP contribution in [0.2, 0.25) is 0 Å². The number of nitrogens with one attached hydrogen (secondary N) is 1. The van der Waals surface area contributed by atoms with Gasteiger partial charge in [0, 0.05) is 13.0 Å². The second-order valence-corrected chi connectivity index (χ2v) is 4.54. The van der Waals surface area contributed by atoms with Crippen LogP contribution in [0.15, 0.2) is 0 Å². The molecule has 1 unspecified atom stereocenters. The number of hydrogen-bond acceptors (Lipinski definition) is 3. The molecular weight excluding hydrogens is 230 g/mol. The minimum atomic E-state index is -2.50. The highest BCUT2D eigenvalue weighted by molar-refractivity contribution is 5.76. The number of carbonyl (C=O) groups excluding carboxylic acids is 1. The monoisotopic (exact) mass is 252 g/mol. The highest BCUT2D eigenvalue weighted by Gasteiger charge is 2.28. The zero-order valence-electron chi connectivity index (χ0n) is 10.6. The summed E-state index contributed by atoms with van der Waals surface area (Å²) in [5.74, 6) is -0.0423. The van der Waals surface area contributed by atoms with Gasteiger partial charge in [-0.25, -0.2) is 8.78 Å². The van der Waals surface area contributed by atoms with Crippen molar-refractivity contribution >= 4 is 5.91 Å². The van der Waals surface area contributed by atoms with Gasteiger partial charge in [-0.3, -0.25) is 4.79 Å². The van der Waals surface area contributed by atoms with Crippen LogP contribution in [0.4, 0.5) is 8.78 Å². The van der Waals surface area contributed by atoms with E-state index in [0.29, 0.717) is 6.54 Å². The van der Waals surface area contributed by atoms with E-state index in [4.69, 9.17) is 5.73 Å². The molecule has 1 atom stereocenters. The molecule has 17 heavy (non-hydrogen) atoms. The van der Waals surface area contributed by atoms with Gasteiger partial charge in [0.15, 0.2) is 0 Å². The minimum Gasteiger partial charge on any atom is -0.375 e. The summed E-state index contributed by atoms with van der Waals surface area (Å²) in [7, 11) is 0. The predicted octanol–water partition coefficient (Wildman–Crippen LogP) is 1.15. The van der Waals surface area contributed by atoms with Crippen LogP contribution in [0, 0.1) is 5.92 Å². The first-order valence-electron chi connectivity index (χ1n) is 5.68. The van der Waals surface area contributed by atoms with Crippen molar-refractivity contribution in [3.63, 3.8) is 0 Å². The van der Waals surface area contributed by atoms with Crippen LogP contribution in [0.1, 0.15) is 27.2 Å². The molecule has 0 radical (unpaired) electrons. The zero-order chi connectivity index (χ0) is 13.5. The molecule has 0 aromatic heterocycles. The standard InChI is InChI=1S/C11H22F2N2O2/c1-8(2)11(3,7-14)15-10(16)4-5-17-6-9(12)13/h8-9H,4-7,14H2,1-3H3,(H,15,16). The van der Waals surface area contributed by atoms with E-state index in [-0.39, 0.29) is 24.9 Å². The van der Waals surface area contributed by atoms with Crippen molar-refractivity contribution in [1.29, 1.82) is 0 Å². The molecule has 0 spiro atoms. The lowest BCUT2D eigenvalue weighted by Crippen LogP contribution is -2.55. The molecule has 0 heterocycles. The number of amides is 1. The first-order chi connectivity index (χ1) is 7.81. The topological polar surface area (TPSA) is 64.3 Å². The average Bonchev–Trinajstić information content (AvgIpc) is 2.23. The Morgan fingerprint density at radius 3 is 2.47 bits per heavy atom. The van der Waals surface area contributed by atoms with Crippen molar-refractivity contribution in [1.82, 2.24) is 5.32 Å². The first kappa shape index (κ1) is 16.2. The molecule has 0 aliphatic rings. The van der Waals surface area contributed by atoms with Crippen LogP contribution in [-0.2, 0) is 9.53 Å². The minimum absolute atomic E-state index is 0.00504. The Hall–Kier alpha value is -0.750. The van der Waals surface area contributed by atoms with E-state index in [1.54, 1.807) is 0 Å². The molecule has 102 valence electrons. The lowest BCUT2D eigenvalue weighted by molar-refractivity contribution is -0.124. The molecule has 1 amide bonds. The van der Waals surface area contributed by atoms with Gasteiger partial charge in [-0.05, 0) is 12.8 Å². The van der Waals surface area contributed by atoms with E-state index in [2.05, 4.69) is 10.1 Å². The third-order valence-electron chi connectivity index (χ3n) is 2.84. The summed E-state index contributed by atoms with van der Waals surface area (Å²) in [5, 5.41) is 2.80. The van der Waals surface area contributed by atoms with E-state index >= 15 is 0 Å². The molecule has 6 heteroatoms. The van der Waals surface area contributed by atoms with Crippen LogP contribution < -0.4 is 11.1 Å². The Balaban J connectivity index is 3.92. The van der Waals surface area contributed by atoms with Crippen LogP contribution in [-0.4, -0.2) is 37.6 Å². The fourth-order valence-corrected chi connectivity index (χ4v) is 1.15. The number of nitrogens with two attached hydrogens (primary N) is 1. The third-order valence-corrected chi connectivity index (χ3v) is 2.84. The SMILES string of the molecule is CC(C)C(C)(CN)NC(=O)CCOCC(F)F. The summed E-state index contributed by atoms with van der Waals surface area (Å²) in [6, 6.07) is 0. The largest absolute Gasteiger partial charge is 0.375 e. The van der Waals surface area contributed by atoms with Crippen molar-refractivity contribution in [2.45, 2.75) is 39.2 Å². The first-order valence-corrected chi connectivity index (χ1v) is 5.68. The second-order valence-electron chi connectivity index (χ2n) is 4.54. The summed E-state index contributed by atoms with van der Waals surface area (Å²) < 4.78 is 28.1. The fraction of sp³-hybridized carbons (Fsp3) is 0.909. The second kappa shape index (κ2) is 7.55. The molecule has 0 aromatic rings. The van der Waals surface area contributed by atoms with Crippen molar-refractivity contribution in [3.8, 4) is 0 Å². The quantitative estimate of drug-likeness (QED) is 0.637. The van der Waals surface area contributed by atoms with E-state index in [1.807, 2.05) is 20.8 Å². The number of ether oxygens (including phenoxy) is 1. The predicted molar refractivity (Wildman–Crippen MR) is 61.9 cm³/mol. The highest BCUT2D eigenvalue weighted by Crippen LogP contribution is 2.14. The maximum Gasteiger partial charge on any atom is 0.261 e. The molecule has 0 saturated carbocycles. The highest BCUT2D eigenvalue weighted by atomic mass is 19.3. The van der Waals surface area contributed by atoms with Gasteiger partial charge in [-0.1, -0.05) is 13.8 Å². The Morgan fingerprint density at radius 1 is 1.47 bits per heavy atom. The summed E-state index contributed by atoms with van der Waals surface area (Å²) in [4.78, 5) is 11.5. The Kier molecular flexibility index (Phi) is 7.22. The molecule has 0 aliphatic heterocycles. The number of halogens is 2. The molecule has 0 rings (SSSR count). The number of alkyl halides is 2. The van der Waals surface area contributed by atoms with Crippen molar-refractivity contribution in [2.75, 3.05) is 19.8 Å². The van der Waals surface area contributed by atoms with Gasteiger partial charge in [0.1, 0.15) is 6.61 Å². The van der Waals surface area contributed by atoms with E-state index in [1.165, 1.54) is 0 Å². The van der Waals surface area contributed by atoms with Crippen molar-refractivity contribution in [2.24, 2.45) is 11.7 Å². The maximum atomic E-state index is 11.7. The zero-order valence-corrected chi connectivity index (χ0v) is 10.6. The molecule has 0 aromatic carbocycles. The summed E-state index contributed by atoms with van der Waals surface area (Å²) in [6.45, 7) is 5.46. The maximum absolute atomic E-state index is 11.7. The normalized spacial score (nSPS) is 15.1. The van der Waals surface area contributed by atoms with Gasteiger partial charge in [0.25, 0.3) is 6.43 Å². The van der Waals surface area contributed by atoms with Crippen LogP contribution >= 0.6 is 0 Å². The Bertz CT molecular complexity index is 238. The van der Waals surface area contributed by atoms with Gasteiger partial charge < -0.3 is 15.8 Å². The fourth-order valence-electron chi connectivity index (χ4n) is 1.15. The summed E-state index contributed by atoms with van der Waals surface area (Å²) in [6.07, 6.45) is -2.43. The third kappa shape index (κ3) is 6.53. The van der Waals surface area contributed by atoms with Gasteiger partial charge in [0.05, 0.1) is 12.1 Å². The van der Waals surface area contributed by atoms with Crippen LogP contribution in [0.3, 0.4) is 0 Å². The average molecular weight is 252 g/mol. The lowest BCUT2D eigenvalue weighted by atomic mass is 9.88. The Morgan fingerprint density at radius 2 is 2.06 bits per heavy atom. The van der Waals surface area contributed by atoms with Gasteiger partial charge >= 0.3 is 0 Å². The van der Waals surface area contributed by atoms with Crippen LogP contribution in [0.5, 0.6) is 0 Å². The molecule has 4 nitrogen and oxygen atoms in total. The smallest absolute Gasteiger partial charge is 0.261 e. The lowest BCUT2D eigenvalue weighted by Gasteiger charge is -2.33. The molecule has 0 bridgehead atoms.